The maximum absolute atomic E-state index is 13.9. The van der Waals surface area contributed by atoms with Crippen LogP contribution in [0.1, 0.15) is 29.8 Å². The zero-order valence-corrected chi connectivity index (χ0v) is 12.5. The normalized spacial score (nSPS) is 21.4. The number of benzene rings is 1. The summed E-state index contributed by atoms with van der Waals surface area (Å²) in [6, 6.07) is 1.99. The molecule has 1 aliphatic heterocycles. The van der Waals surface area contributed by atoms with Crippen molar-refractivity contribution in [2.24, 2.45) is 5.73 Å². The van der Waals surface area contributed by atoms with E-state index in [2.05, 4.69) is 0 Å². The Labute approximate surface area is 122 Å². The third-order valence-corrected chi connectivity index (χ3v) is 3.51. The number of hydrogen-bond acceptors (Lipinski definition) is 3. The van der Waals surface area contributed by atoms with E-state index in [1.165, 1.54) is 17.9 Å². The van der Waals surface area contributed by atoms with Gasteiger partial charge in [-0.3, -0.25) is 4.79 Å². The highest BCUT2D eigenvalue weighted by Crippen LogP contribution is 2.23. The summed E-state index contributed by atoms with van der Waals surface area (Å²) in [5, 5.41) is 0. The Balaban J connectivity index is 2.29. The molecule has 0 saturated carbocycles. The number of nitrogens with zero attached hydrogens (tertiary/aromatic N) is 1. The van der Waals surface area contributed by atoms with Gasteiger partial charge >= 0.3 is 0 Å². The fourth-order valence-corrected chi connectivity index (χ4v) is 2.56. The molecule has 1 saturated heterocycles. The second-order valence-electron chi connectivity index (χ2n) is 6.00. The lowest BCUT2D eigenvalue weighted by molar-refractivity contribution is -0.122. The molecule has 1 amide bonds. The first-order chi connectivity index (χ1) is 9.73. The Kier molecular flexibility index (Phi) is 4.30. The minimum Gasteiger partial charge on any atom is -0.367 e. The number of morpholine rings is 1. The first kappa shape index (κ1) is 15.9. The molecule has 1 unspecified atom stereocenters. The highest BCUT2D eigenvalue weighted by atomic mass is 19.1. The molecule has 21 heavy (non-hydrogen) atoms. The molecule has 6 heteroatoms. The molecule has 1 aromatic rings. The van der Waals surface area contributed by atoms with Crippen LogP contribution in [-0.2, 0) is 4.74 Å². The number of carbonyl (C=O) groups excluding carboxylic acids is 1. The van der Waals surface area contributed by atoms with Crippen molar-refractivity contribution in [1.82, 2.24) is 4.90 Å². The lowest BCUT2D eigenvalue weighted by Gasteiger charge is -2.42. The number of rotatable bonds is 2. The molecule has 1 atom stereocenters. The largest absolute Gasteiger partial charge is 0.367 e. The summed E-state index contributed by atoms with van der Waals surface area (Å²) < 4.78 is 32.9. The van der Waals surface area contributed by atoms with Crippen molar-refractivity contribution >= 4 is 5.91 Å². The molecule has 0 spiro atoms. The summed E-state index contributed by atoms with van der Waals surface area (Å²) in [6.45, 7) is 6.10. The van der Waals surface area contributed by atoms with E-state index in [9.17, 15) is 13.6 Å². The molecule has 2 N–H and O–H groups in total. The van der Waals surface area contributed by atoms with Gasteiger partial charge in [0.25, 0.3) is 5.91 Å². The van der Waals surface area contributed by atoms with E-state index in [1.807, 2.05) is 13.8 Å². The second-order valence-corrected chi connectivity index (χ2v) is 6.00. The van der Waals surface area contributed by atoms with Gasteiger partial charge in [0.2, 0.25) is 0 Å². The van der Waals surface area contributed by atoms with Crippen LogP contribution < -0.4 is 5.73 Å². The van der Waals surface area contributed by atoms with Crippen LogP contribution in [-0.4, -0.2) is 42.1 Å². The lowest BCUT2D eigenvalue weighted by Crippen LogP contribution is -2.56. The van der Waals surface area contributed by atoms with Crippen LogP contribution in [0.2, 0.25) is 0 Å². The molecule has 116 valence electrons. The van der Waals surface area contributed by atoms with Crippen molar-refractivity contribution in [1.29, 1.82) is 0 Å². The lowest BCUT2D eigenvalue weighted by atomic mass is 10.0. The molecule has 1 fully saturated rings. The molecule has 0 bridgehead atoms. The van der Waals surface area contributed by atoms with E-state index in [4.69, 9.17) is 10.5 Å². The molecule has 1 aliphatic rings. The van der Waals surface area contributed by atoms with Crippen molar-refractivity contribution in [2.45, 2.75) is 32.5 Å². The maximum Gasteiger partial charge on any atom is 0.257 e. The molecule has 4 nitrogen and oxygen atoms in total. The Morgan fingerprint density at radius 2 is 2.10 bits per heavy atom. The Bertz CT molecular complexity index is 561. The predicted octanol–water partition coefficient (Wildman–Crippen LogP) is 1.85. The molecule has 2 rings (SSSR count). The number of amides is 1. The summed E-state index contributed by atoms with van der Waals surface area (Å²) in [5.41, 5.74) is 5.18. The number of hydrogen-bond donors (Lipinski definition) is 1. The van der Waals surface area contributed by atoms with E-state index >= 15 is 0 Å². The fraction of sp³-hybridized carbons (Fsp3) is 0.533. The van der Waals surface area contributed by atoms with Crippen LogP contribution in [0, 0.1) is 18.6 Å². The van der Waals surface area contributed by atoms with Gasteiger partial charge in [0.15, 0.2) is 0 Å². The monoisotopic (exact) mass is 298 g/mol. The molecule has 0 radical (unpaired) electrons. The average Bonchev–Trinajstić information content (AvgIpc) is 2.40. The predicted molar refractivity (Wildman–Crippen MR) is 75.0 cm³/mol. The van der Waals surface area contributed by atoms with Crippen LogP contribution in [0.15, 0.2) is 12.1 Å². The number of halogens is 2. The minimum atomic E-state index is -0.850. The van der Waals surface area contributed by atoms with Crippen LogP contribution in [0.5, 0.6) is 0 Å². The highest BCUT2D eigenvalue weighted by molar-refractivity contribution is 5.94. The van der Waals surface area contributed by atoms with Crippen molar-refractivity contribution in [3.8, 4) is 0 Å². The molecular weight excluding hydrogens is 278 g/mol. The van der Waals surface area contributed by atoms with Crippen molar-refractivity contribution < 1.29 is 18.3 Å². The van der Waals surface area contributed by atoms with E-state index in [0.717, 1.165) is 6.07 Å². The van der Waals surface area contributed by atoms with Gasteiger partial charge in [-0.1, -0.05) is 0 Å². The summed E-state index contributed by atoms with van der Waals surface area (Å²) in [5.74, 6) is -1.98. The Morgan fingerprint density at radius 3 is 2.71 bits per heavy atom. The van der Waals surface area contributed by atoms with E-state index in [0.29, 0.717) is 13.1 Å². The van der Waals surface area contributed by atoms with Gasteiger partial charge in [0.1, 0.15) is 11.6 Å². The number of ether oxygens (including phenoxy) is 1. The zero-order chi connectivity index (χ0) is 15.8. The van der Waals surface area contributed by atoms with Crippen LogP contribution >= 0.6 is 0 Å². The maximum atomic E-state index is 13.9. The first-order valence-corrected chi connectivity index (χ1v) is 6.86. The topological polar surface area (TPSA) is 55.6 Å². The van der Waals surface area contributed by atoms with Gasteiger partial charge in [-0.2, -0.15) is 0 Å². The van der Waals surface area contributed by atoms with Crippen LogP contribution in [0.3, 0.4) is 0 Å². The standard InChI is InChI=1S/C15H20F2N2O2/c1-9-4-11(13(17)5-12(9)16)14(20)19-7-10(6-18)21-15(2,3)8-19/h4-5,10H,6-8,18H2,1-3H3. The molecule has 0 aliphatic carbocycles. The first-order valence-electron chi connectivity index (χ1n) is 6.86. The summed E-state index contributed by atoms with van der Waals surface area (Å²) in [7, 11) is 0. The third-order valence-electron chi connectivity index (χ3n) is 3.51. The van der Waals surface area contributed by atoms with Gasteiger partial charge in [-0.05, 0) is 32.4 Å². The number of aryl methyl sites for hydroxylation is 1. The van der Waals surface area contributed by atoms with Gasteiger partial charge in [-0.25, -0.2) is 8.78 Å². The summed E-state index contributed by atoms with van der Waals surface area (Å²) in [6.07, 6.45) is -0.290. The minimum absolute atomic E-state index is 0.123. The van der Waals surface area contributed by atoms with Crippen molar-refractivity contribution in [3.63, 3.8) is 0 Å². The van der Waals surface area contributed by atoms with Gasteiger partial charge < -0.3 is 15.4 Å². The van der Waals surface area contributed by atoms with Crippen molar-refractivity contribution in [3.05, 3.63) is 34.9 Å². The van der Waals surface area contributed by atoms with E-state index in [1.54, 1.807) is 0 Å². The molecule has 0 aromatic heterocycles. The van der Waals surface area contributed by atoms with Gasteiger partial charge in [0, 0.05) is 25.7 Å². The van der Waals surface area contributed by atoms with E-state index in [-0.39, 0.29) is 23.8 Å². The fourth-order valence-electron chi connectivity index (χ4n) is 2.56. The Morgan fingerprint density at radius 1 is 1.43 bits per heavy atom. The Hall–Kier alpha value is -1.53. The number of carbonyl (C=O) groups is 1. The zero-order valence-electron chi connectivity index (χ0n) is 12.5. The van der Waals surface area contributed by atoms with Crippen LogP contribution in [0.25, 0.3) is 0 Å². The van der Waals surface area contributed by atoms with Gasteiger partial charge in [0.05, 0.1) is 17.3 Å². The quantitative estimate of drug-likeness (QED) is 0.906. The SMILES string of the molecule is Cc1cc(C(=O)N2CC(CN)OC(C)(C)C2)c(F)cc1F. The summed E-state index contributed by atoms with van der Waals surface area (Å²) in [4.78, 5) is 14.0. The molecule has 1 aromatic carbocycles. The van der Waals surface area contributed by atoms with Gasteiger partial charge in [-0.15, -0.1) is 0 Å². The summed E-state index contributed by atoms with van der Waals surface area (Å²) >= 11 is 0. The second kappa shape index (κ2) is 5.69. The highest BCUT2D eigenvalue weighted by Gasteiger charge is 2.36. The molecule has 1 heterocycles. The number of nitrogens with two attached hydrogens (primary N) is 1. The third kappa shape index (κ3) is 3.39. The molecular formula is C15H20F2N2O2. The average molecular weight is 298 g/mol. The smallest absolute Gasteiger partial charge is 0.257 e. The van der Waals surface area contributed by atoms with Crippen LogP contribution in [0.4, 0.5) is 8.78 Å². The van der Waals surface area contributed by atoms with E-state index < -0.39 is 23.1 Å². The van der Waals surface area contributed by atoms with Crippen molar-refractivity contribution in [2.75, 3.05) is 19.6 Å².